The second-order valence-corrected chi connectivity index (χ2v) is 6.27. The molecule has 2 aromatic carbocycles. The Morgan fingerprint density at radius 2 is 1.80 bits per heavy atom. The van der Waals surface area contributed by atoms with Gasteiger partial charge in [-0.3, -0.25) is 0 Å². The average Bonchev–Trinajstić information content (AvgIpc) is 2.37. The number of halogens is 3. The summed E-state index contributed by atoms with van der Waals surface area (Å²) in [4.78, 5) is 0. The zero-order valence-electron chi connectivity index (χ0n) is 10.5. The van der Waals surface area contributed by atoms with E-state index in [9.17, 15) is 0 Å². The van der Waals surface area contributed by atoms with E-state index in [1.165, 1.54) is 5.56 Å². The molecule has 2 N–H and O–H groups in total. The molecular weight excluding hydrogens is 379 g/mol. The molecule has 0 aliphatic rings. The predicted octanol–water partition coefficient (Wildman–Crippen LogP) is 5.87. The van der Waals surface area contributed by atoms with Crippen molar-refractivity contribution in [2.75, 3.05) is 10.6 Å². The van der Waals surface area contributed by atoms with Gasteiger partial charge in [0.1, 0.15) is 0 Å². The normalized spacial score (nSPS) is 10.2. The number of rotatable bonds is 2. The van der Waals surface area contributed by atoms with Gasteiger partial charge in [-0.05, 0) is 71.0 Å². The highest BCUT2D eigenvalue weighted by atomic mass is 79.9. The van der Waals surface area contributed by atoms with Crippen molar-refractivity contribution in [3.05, 3.63) is 56.5 Å². The van der Waals surface area contributed by atoms with E-state index in [4.69, 9.17) is 35.4 Å². The van der Waals surface area contributed by atoms with E-state index in [-0.39, 0.29) is 0 Å². The van der Waals surface area contributed by atoms with Crippen LogP contribution in [0.5, 0.6) is 0 Å². The first-order chi connectivity index (χ1) is 9.45. The van der Waals surface area contributed by atoms with Crippen LogP contribution in [0.1, 0.15) is 5.56 Å². The summed E-state index contributed by atoms with van der Waals surface area (Å²) in [7, 11) is 0. The van der Waals surface area contributed by atoms with Crippen LogP contribution in [0.25, 0.3) is 0 Å². The molecule has 0 aliphatic heterocycles. The van der Waals surface area contributed by atoms with Crippen LogP contribution in [-0.2, 0) is 0 Å². The van der Waals surface area contributed by atoms with E-state index >= 15 is 0 Å². The number of hydrogen-bond donors (Lipinski definition) is 2. The van der Waals surface area contributed by atoms with E-state index in [0.717, 1.165) is 15.8 Å². The zero-order chi connectivity index (χ0) is 14.7. The van der Waals surface area contributed by atoms with Gasteiger partial charge in [0.25, 0.3) is 0 Å². The van der Waals surface area contributed by atoms with Crippen LogP contribution >= 0.6 is 51.3 Å². The molecule has 0 bridgehead atoms. The first-order valence-electron chi connectivity index (χ1n) is 5.75. The average molecular weight is 390 g/mol. The number of anilines is 2. The van der Waals surface area contributed by atoms with Crippen molar-refractivity contribution in [1.29, 1.82) is 0 Å². The Morgan fingerprint density at radius 3 is 2.45 bits per heavy atom. The maximum Gasteiger partial charge on any atom is 0.175 e. The SMILES string of the molecule is Cc1ccc(NC(=S)Nc2ccc(Cl)c(Cl)c2)c(Br)c1. The van der Waals surface area contributed by atoms with Crippen molar-refractivity contribution in [2.24, 2.45) is 0 Å². The molecule has 0 radical (unpaired) electrons. The highest BCUT2D eigenvalue weighted by Gasteiger charge is 2.04. The fourth-order valence-corrected chi connectivity index (χ4v) is 2.70. The van der Waals surface area contributed by atoms with Gasteiger partial charge < -0.3 is 10.6 Å². The molecule has 2 rings (SSSR count). The number of nitrogens with one attached hydrogen (secondary N) is 2. The van der Waals surface area contributed by atoms with Gasteiger partial charge in [-0.2, -0.15) is 0 Å². The highest BCUT2D eigenvalue weighted by Crippen LogP contribution is 2.26. The summed E-state index contributed by atoms with van der Waals surface area (Å²) in [6, 6.07) is 11.2. The lowest BCUT2D eigenvalue weighted by molar-refractivity contribution is 1.44. The van der Waals surface area contributed by atoms with Gasteiger partial charge in [0.15, 0.2) is 5.11 Å². The van der Waals surface area contributed by atoms with Gasteiger partial charge in [0, 0.05) is 10.2 Å². The maximum atomic E-state index is 5.96. The van der Waals surface area contributed by atoms with Gasteiger partial charge in [0.2, 0.25) is 0 Å². The minimum atomic E-state index is 0.480. The molecule has 0 amide bonds. The molecular formula is C14H11BrCl2N2S. The number of thiocarbonyl (C=S) groups is 1. The number of hydrogen-bond acceptors (Lipinski definition) is 1. The third-order valence-electron chi connectivity index (χ3n) is 2.55. The van der Waals surface area contributed by atoms with Crippen molar-refractivity contribution in [3.63, 3.8) is 0 Å². The second kappa shape index (κ2) is 6.76. The Bertz CT molecular complexity index is 662. The second-order valence-electron chi connectivity index (χ2n) is 4.19. The van der Waals surface area contributed by atoms with Gasteiger partial charge in [-0.1, -0.05) is 29.3 Å². The largest absolute Gasteiger partial charge is 0.332 e. The first-order valence-corrected chi connectivity index (χ1v) is 7.70. The lowest BCUT2D eigenvalue weighted by Gasteiger charge is -2.12. The minimum Gasteiger partial charge on any atom is -0.332 e. The van der Waals surface area contributed by atoms with Crippen LogP contribution in [0.15, 0.2) is 40.9 Å². The topological polar surface area (TPSA) is 24.1 Å². The molecule has 0 spiro atoms. The molecule has 0 saturated heterocycles. The molecule has 0 fully saturated rings. The summed E-state index contributed by atoms with van der Waals surface area (Å²) in [5, 5.41) is 7.65. The Morgan fingerprint density at radius 1 is 1.05 bits per heavy atom. The molecule has 0 unspecified atom stereocenters. The molecule has 2 nitrogen and oxygen atoms in total. The Balaban J connectivity index is 2.07. The van der Waals surface area contributed by atoms with Gasteiger partial charge in [0.05, 0.1) is 15.7 Å². The van der Waals surface area contributed by atoms with Crippen molar-refractivity contribution in [3.8, 4) is 0 Å². The summed E-state index contributed by atoms with van der Waals surface area (Å²) < 4.78 is 0.954. The Kier molecular flexibility index (Phi) is 5.27. The monoisotopic (exact) mass is 388 g/mol. The molecule has 0 saturated carbocycles. The summed E-state index contributed by atoms with van der Waals surface area (Å²) in [6.07, 6.45) is 0. The van der Waals surface area contributed by atoms with Crippen LogP contribution in [-0.4, -0.2) is 5.11 Å². The van der Waals surface area contributed by atoms with E-state index < -0.39 is 0 Å². The predicted molar refractivity (Wildman–Crippen MR) is 95.2 cm³/mol. The fraction of sp³-hybridized carbons (Fsp3) is 0.0714. The van der Waals surface area contributed by atoms with E-state index in [1.807, 2.05) is 31.2 Å². The highest BCUT2D eigenvalue weighted by molar-refractivity contribution is 9.10. The van der Waals surface area contributed by atoms with E-state index in [0.29, 0.717) is 15.2 Å². The van der Waals surface area contributed by atoms with Crippen LogP contribution in [0, 0.1) is 6.92 Å². The maximum absolute atomic E-state index is 5.96. The van der Waals surface area contributed by atoms with Gasteiger partial charge >= 0.3 is 0 Å². The standard InChI is InChI=1S/C14H11BrCl2N2S/c1-8-2-5-13(10(15)6-8)19-14(20)18-9-3-4-11(16)12(17)7-9/h2-7H,1H3,(H2,18,19,20). The smallest absolute Gasteiger partial charge is 0.175 e. The zero-order valence-corrected chi connectivity index (χ0v) is 14.4. The first kappa shape index (κ1) is 15.6. The Labute approximate surface area is 141 Å². The summed E-state index contributed by atoms with van der Waals surface area (Å²) in [6.45, 7) is 2.03. The van der Waals surface area contributed by atoms with Crippen LogP contribution in [0.3, 0.4) is 0 Å². The summed E-state index contributed by atoms with van der Waals surface area (Å²) >= 11 is 20.6. The number of benzene rings is 2. The van der Waals surface area contributed by atoms with E-state index in [1.54, 1.807) is 12.1 Å². The van der Waals surface area contributed by atoms with Crippen molar-refractivity contribution in [2.45, 2.75) is 6.92 Å². The molecule has 0 atom stereocenters. The quantitative estimate of drug-likeness (QED) is 0.627. The van der Waals surface area contributed by atoms with Crippen LogP contribution in [0.2, 0.25) is 10.0 Å². The molecule has 20 heavy (non-hydrogen) atoms. The van der Waals surface area contributed by atoms with Crippen LogP contribution < -0.4 is 10.6 Å². The van der Waals surface area contributed by atoms with Crippen molar-refractivity contribution >= 4 is 67.8 Å². The van der Waals surface area contributed by atoms with Crippen molar-refractivity contribution < 1.29 is 0 Å². The fourth-order valence-electron chi connectivity index (χ4n) is 1.58. The van der Waals surface area contributed by atoms with Crippen molar-refractivity contribution in [1.82, 2.24) is 0 Å². The third-order valence-corrected chi connectivity index (χ3v) is 4.15. The molecule has 6 heteroatoms. The van der Waals surface area contributed by atoms with Crippen LogP contribution in [0.4, 0.5) is 11.4 Å². The molecule has 0 aromatic heterocycles. The Hall–Kier alpha value is -0.810. The molecule has 0 aliphatic carbocycles. The summed E-state index contributed by atoms with van der Waals surface area (Å²) in [5.41, 5.74) is 2.85. The lowest BCUT2D eigenvalue weighted by Crippen LogP contribution is -2.19. The van der Waals surface area contributed by atoms with E-state index in [2.05, 4.69) is 26.6 Å². The molecule has 104 valence electrons. The lowest BCUT2D eigenvalue weighted by atomic mass is 10.2. The minimum absolute atomic E-state index is 0.480. The molecule has 0 heterocycles. The third kappa shape index (κ3) is 4.09. The van der Waals surface area contributed by atoms with Gasteiger partial charge in [-0.25, -0.2) is 0 Å². The number of aryl methyl sites for hydroxylation is 1. The molecule has 2 aromatic rings. The van der Waals surface area contributed by atoms with Gasteiger partial charge in [-0.15, -0.1) is 0 Å². The summed E-state index contributed by atoms with van der Waals surface area (Å²) in [5.74, 6) is 0.